The number of carboxylic acid groups (broad SMARTS) is 1. The highest BCUT2D eigenvalue weighted by molar-refractivity contribution is 8.00. The third kappa shape index (κ3) is 3.35. The first-order valence-electron chi connectivity index (χ1n) is 6.47. The zero-order valence-corrected chi connectivity index (χ0v) is 13.3. The number of hydrogen-bond acceptors (Lipinski definition) is 3. The zero-order valence-electron chi connectivity index (χ0n) is 12.5. The predicted molar refractivity (Wildman–Crippen MR) is 77.3 cm³/mol. The van der Waals surface area contributed by atoms with E-state index in [2.05, 4.69) is 20.8 Å². The Morgan fingerprint density at radius 1 is 1.42 bits per heavy atom. The number of nitrogens with zero attached hydrogens (tertiary/aromatic N) is 2. The minimum atomic E-state index is -0.929. The lowest BCUT2D eigenvalue weighted by Gasteiger charge is -2.39. The molecule has 0 bridgehead atoms. The van der Waals surface area contributed by atoms with E-state index >= 15 is 0 Å². The molecule has 1 aliphatic heterocycles. The Balaban J connectivity index is 2.89. The van der Waals surface area contributed by atoms with E-state index in [1.165, 1.54) is 16.7 Å². The van der Waals surface area contributed by atoms with Gasteiger partial charge in [-0.1, -0.05) is 20.8 Å². The molecule has 0 aromatic heterocycles. The lowest BCUT2D eigenvalue weighted by Crippen LogP contribution is -2.54. The van der Waals surface area contributed by atoms with Crippen LogP contribution < -0.4 is 0 Å². The van der Waals surface area contributed by atoms with Gasteiger partial charge in [0.05, 0.1) is 5.37 Å². The molecule has 1 aliphatic rings. The van der Waals surface area contributed by atoms with Gasteiger partial charge in [-0.2, -0.15) is 0 Å². The lowest BCUT2D eigenvalue weighted by atomic mass is 9.87. The molecular formula is C13H24N2O3S. The van der Waals surface area contributed by atoms with Crippen molar-refractivity contribution in [3.05, 3.63) is 0 Å². The summed E-state index contributed by atoms with van der Waals surface area (Å²) >= 11 is 1.50. The quantitative estimate of drug-likeness (QED) is 0.847. The summed E-state index contributed by atoms with van der Waals surface area (Å²) in [5.74, 6) is -0.470. The Morgan fingerprint density at radius 2 is 1.95 bits per heavy atom. The van der Waals surface area contributed by atoms with Crippen LogP contribution in [0.4, 0.5) is 4.79 Å². The maximum Gasteiger partial charge on any atom is 0.327 e. The number of aliphatic carboxylic acids is 1. The van der Waals surface area contributed by atoms with E-state index in [4.69, 9.17) is 0 Å². The van der Waals surface area contributed by atoms with Crippen LogP contribution in [0.25, 0.3) is 0 Å². The molecule has 0 saturated carbocycles. The Labute approximate surface area is 119 Å². The van der Waals surface area contributed by atoms with Crippen LogP contribution in [-0.2, 0) is 4.79 Å². The monoisotopic (exact) mass is 288 g/mol. The van der Waals surface area contributed by atoms with Crippen LogP contribution in [0.2, 0.25) is 0 Å². The summed E-state index contributed by atoms with van der Waals surface area (Å²) in [4.78, 5) is 26.9. The van der Waals surface area contributed by atoms with Gasteiger partial charge >= 0.3 is 12.0 Å². The lowest BCUT2D eigenvalue weighted by molar-refractivity contribution is -0.141. The summed E-state index contributed by atoms with van der Waals surface area (Å²) in [6, 6.07) is -0.887. The molecule has 2 amide bonds. The largest absolute Gasteiger partial charge is 0.480 e. The van der Waals surface area contributed by atoms with Gasteiger partial charge in [-0.3, -0.25) is 4.90 Å². The fourth-order valence-electron chi connectivity index (χ4n) is 2.05. The SMILES string of the molecule is CC1SCC(C(=O)O)N1C(=O)N(C)C(C)C(C)(C)C. The molecule has 110 valence electrons. The molecule has 3 atom stereocenters. The second-order valence-corrected chi connectivity index (χ2v) is 7.48. The molecule has 1 saturated heterocycles. The molecule has 5 nitrogen and oxygen atoms in total. The summed E-state index contributed by atoms with van der Waals surface area (Å²) < 4.78 is 0. The van der Waals surface area contributed by atoms with E-state index in [0.29, 0.717) is 5.75 Å². The van der Waals surface area contributed by atoms with Gasteiger partial charge in [0.1, 0.15) is 6.04 Å². The fraction of sp³-hybridized carbons (Fsp3) is 0.846. The Bertz CT molecular complexity index is 367. The maximum absolute atomic E-state index is 12.5. The van der Waals surface area contributed by atoms with E-state index in [9.17, 15) is 14.7 Å². The minimum Gasteiger partial charge on any atom is -0.480 e. The Morgan fingerprint density at radius 3 is 2.37 bits per heavy atom. The second-order valence-electron chi connectivity index (χ2n) is 6.13. The van der Waals surface area contributed by atoms with Crippen molar-refractivity contribution in [2.24, 2.45) is 5.41 Å². The average molecular weight is 288 g/mol. The van der Waals surface area contributed by atoms with Crippen LogP contribution in [0.5, 0.6) is 0 Å². The molecule has 0 aromatic carbocycles. The number of hydrogen-bond donors (Lipinski definition) is 1. The summed E-state index contributed by atoms with van der Waals surface area (Å²) in [5.41, 5.74) is -0.0424. The summed E-state index contributed by atoms with van der Waals surface area (Å²) in [7, 11) is 1.74. The predicted octanol–water partition coefficient (Wildman–Crippen LogP) is 2.32. The number of urea groups is 1. The van der Waals surface area contributed by atoms with Gasteiger partial charge in [0.2, 0.25) is 0 Å². The molecule has 0 aromatic rings. The molecule has 19 heavy (non-hydrogen) atoms. The smallest absolute Gasteiger partial charge is 0.327 e. The molecule has 0 radical (unpaired) electrons. The third-order valence-corrected chi connectivity index (χ3v) is 5.08. The third-order valence-electron chi connectivity index (χ3n) is 3.86. The molecule has 1 heterocycles. The van der Waals surface area contributed by atoms with Gasteiger partial charge in [0.15, 0.2) is 0 Å². The topological polar surface area (TPSA) is 60.9 Å². The molecule has 3 unspecified atom stereocenters. The second kappa shape index (κ2) is 5.61. The molecule has 1 rings (SSSR count). The van der Waals surface area contributed by atoms with Crippen molar-refractivity contribution in [2.75, 3.05) is 12.8 Å². The van der Waals surface area contributed by atoms with Gasteiger partial charge in [-0.05, 0) is 19.3 Å². The highest BCUT2D eigenvalue weighted by Crippen LogP contribution is 2.31. The van der Waals surface area contributed by atoms with Gasteiger partial charge in [-0.25, -0.2) is 9.59 Å². The fourth-order valence-corrected chi connectivity index (χ4v) is 3.21. The number of carbonyl (C=O) groups is 2. The molecule has 0 aliphatic carbocycles. The van der Waals surface area contributed by atoms with Crippen LogP contribution >= 0.6 is 11.8 Å². The van der Waals surface area contributed by atoms with Crippen molar-refractivity contribution in [1.82, 2.24) is 9.80 Å². The summed E-state index contributed by atoms with van der Waals surface area (Å²) in [6.45, 7) is 10.1. The van der Waals surface area contributed by atoms with Gasteiger partial charge in [-0.15, -0.1) is 11.8 Å². The maximum atomic E-state index is 12.5. The number of carboxylic acids is 1. The van der Waals surface area contributed by atoms with Crippen molar-refractivity contribution >= 4 is 23.8 Å². The number of amides is 2. The Kier molecular flexibility index (Phi) is 4.76. The van der Waals surface area contributed by atoms with E-state index in [-0.39, 0.29) is 22.9 Å². The van der Waals surface area contributed by atoms with Gasteiger partial charge < -0.3 is 10.0 Å². The summed E-state index contributed by atoms with van der Waals surface area (Å²) in [6.07, 6.45) is 0. The first kappa shape index (κ1) is 16.1. The molecule has 0 spiro atoms. The Hall–Kier alpha value is -0.910. The van der Waals surface area contributed by atoms with Crippen molar-refractivity contribution in [2.45, 2.75) is 52.1 Å². The van der Waals surface area contributed by atoms with Crippen LogP contribution in [0.15, 0.2) is 0 Å². The average Bonchev–Trinajstić information content (AvgIpc) is 2.67. The first-order valence-corrected chi connectivity index (χ1v) is 7.51. The van der Waals surface area contributed by atoms with Gasteiger partial charge in [0.25, 0.3) is 0 Å². The van der Waals surface area contributed by atoms with Crippen LogP contribution in [-0.4, -0.2) is 57.2 Å². The van der Waals surface area contributed by atoms with Crippen LogP contribution in [0.3, 0.4) is 0 Å². The van der Waals surface area contributed by atoms with Crippen molar-refractivity contribution in [3.8, 4) is 0 Å². The normalized spacial score (nSPS) is 25.3. The van der Waals surface area contributed by atoms with Crippen LogP contribution in [0, 0.1) is 5.41 Å². The highest BCUT2D eigenvalue weighted by atomic mass is 32.2. The molecule has 1 fully saturated rings. The van der Waals surface area contributed by atoms with E-state index in [0.717, 1.165) is 0 Å². The van der Waals surface area contributed by atoms with E-state index in [1.54, 1.807) is 11.9 Å². The zero-order chi connectivity index (χ0) is 15.0. The number of carbonyl (C=O) groups excluding carboxylic acids is 1. The van der Waals surface area contributed by atoms with Crippen LogP contribution in [0.1, 0.15) is 34.6 Å². The summed E-state index contributed by atoms with van der Waals surface area (Å²) in [5, 5.41) is 9.11. The highest BCUT2D eigenvalue weighted by Gasteiger charge is 2.42. The van der Waals surface area contributed by atoms with Crippen molar-refractivity contribution in [3.63, 3.8) is 0 Å². The molecular weight excluding hydrogens is 264 g/mol. The minimum absolute atomic E-state index is 0.0345. The standard InChI is InChI=1S/C13H24N2O3S/c1-8(13(3,4)5)14(6)12(18)15-9(2)19-7-10(15)11(16)17/h8-10H,7H2,1-6H3,(H,16,17). The van der Waals surface area contributed by atoms with Gasteiger partial charge in [0, 0.05) is 18.8 Å². The number of rotatable bonds is 2. The van der Waals surface area contributed by atoms with E-state index < -0.39 is 12.0 Å². The van der Waals surface area contributed by atoms with Crippen molar-refractivity contribution in [1.29, 1.82) is 0 Å². The first-order chi connectivity index (χ1) is 8.57. The van der Waals surface area contributed by atoms with Crippen molar-refractivity contribution < 1.29 is 14.7 Å². The molecule has 1 N–H and O–H groups in total. The molecule has 6 heteroatoms. The van der Waals surface area contributed by atoms with E-state index in [1.807, 2.05) is 13.8 Å². The number of thioether (sulfide) groups is 1.